The van der Waals surface area contributed by atoms with E-state index in [0.29, 0.717) is 0 Å². The van der Waals surface area contributed by atoms with Gasteiger partial charge in [-0.1, -0.05) is 25.1 Å². The summed E-state index contributed by atoms with van der Waals surface area (Å²) in [6.07, 6.45) is 7.74. The summed E-state index contributed by atoms with van der Waals surface area (Å²) < 4.78 is 1.84. The normalized spacial score (nSPS) is 12.7. The van der Waals surface area contributed by atoms with Gasteiger partial charge in [0.2, 0.25) is 0 Å². The maximum Gasteiger partial charge on any atom is 0.0614 e. The van der Waals surface area contributed by atoms with Crippen molar-refractivity contribution in [2.75, 3.05) is 6.54 Å². The summed E-state index contributed by atoms with van der Waals surface area (Å²) in [4.78, 5) is 4.27. The first-order valence-corrected chi connectivity index (χ1v) is 6.84. The van der Waals surface area contributed by atoms with E-state index in [1.165, 1.54) is 21.9 Å². The van der Waals surface area contributed by atoms with Crippen LogP contribution in [0.2, 0.25) is 0 Å². The SMILES string of the molecule is CCNC(c1cnn(C)c1)c1cccc2ccncc12. The summed E-state index contributed by atoms with van der Waals surface area (Å²) in [6, 6.07) is 8.56. The van der Waals surface area contributed by atoms with Gasteiger partial charge in [0.05, 0.1) is 12.2 Å². The average Bonchev–Trinajstić information content (AvgIpc) is 2.91. The van der Waals surface area contributed by atoms with Gasteiger partial charge in [-0.3, -0.25) is 9.67 Å². The van der Waals surface area contributed by atoms with Crippen LogP contribution in [0.3, 0.4) is 0 Å². The molecule has 1 aromatic carbocycles. The van der Waals surface area contributed by atoms with E-state index in [0.717, 1.165) is 6.54 Å². The molecule has 0 aliphatic rings. The van der Waals surface area contributed by atoms with Crippen LogP contribution in [0.1, 0.15) is 24.1 Å². The molecule has 1 unspecified atom stereocenters. The lowest BCUT2D eigenvalue weighted by Gasteiger charge is -2.18. The van der Waals surface area contributed by atoms with Crippen LogP contribution in [0, 0.1) is 0 Å². The number of pyridine rings is 1. The van der Waals surface area contributed by atoms with Gasteiger partial charge in [-0.2, -0.15) is 5.10 Å². The van der Waals surface area contributed by atoms with E-state index in [2.05, 4.69) is 46.7 Å². The van der Waals surface area contributed by atoms with Gasteiger partial charge in [0.1, 0.15) is 0 Å². The molecule has 20 heavy (non-hydrogen) atoms. The molecule has 1 atom stereocenters. The molecule has 0 spiro atoms. The van der Waals surface area contributed by atoms with Gasteiger partial charge in [0, 0.05) is 36.6 Å². The molecule has 2 heterocycles. The predicted octanol–water partition coefficient (Wildman–Crippen LogP) is 2.67. The fourth-order valence-electron chi connectivity index (χ4n) is 2.59. The number of fused-ring (bicyclic) bond motifs is 1. The summed E-state index contributed by atoms with van der Waals surface area (Å²) in [5.41, 5.74) is 2.41. The topological polar surface area (TPSA) is 42.7 Å². The summed E-state index contributed by atoms with van der Waals surface area (Å²) in [7, 11) is 1.94. The molecular weight excluding hydrogens is 248 g/mol. The highest BCUT2D eigenvalue weighted by molar-refractivity contribution is 5.85. The second kappa shape index (κ2) is 5.43. The lowest BCUT2D eigenvalue weighted by atomic mass is 9.96. The molecule has 0 bridgehead atoms. The largest absolute Gasteiger partial charge is 0.306 e. The van der Waals surface area contributed by atoms with Crippen LogP contribution in [0.4, 0.5) is 0 Å². The third-order valence-corrected chi connectivity index (χ3v) is 3.49. The maximum absolute atomic E-state index is 4.29. The molecule has 2 aromatic heterocycles. The molecule has 0 amide bonds. The van der Waals surface area contributed by atoms with Crippen LogP contribution in [0.15, 0.2) is 49.1 Å². The van der Waals surface area contributed by atoms with Crippen molar-refractivity contribution in [3.8, 4) is 0 Å². The van der Waals surface area contributed by atoms with Crippen LogP contribution in [0.25, 0.3) is 10.8 Å². The second-order valence-electron chi connectivity index (χ2n) is 4.88. The van der Waals surface area contributed by atoms with Gasteiger partial charge in [-0.25, -0.2) is 0 Å². The fourth-order valence-corrected chi connectivity index (χ4v) is 2.59. The highest BCUT2D eigenvalue weighted by Gasteiger charge is 2.17. The van der Waals surface area contributed by atoms with Gasteiger partial charge in [0.15, 0.2) is 0 Å². The smallest absolute Gasteiger partial charge is 0.0614 e. The lowest BCUT2D eigenvalue weighted by Crippen LogP contribution is -2.21. The van der Waals surface area contributed by atoms with Gasteiger partial charge < -0.3 is 5.32 Å². The van der Waals surface area contributed by atoms with E-state index in [4.69, 9.17) is 0 Å². The minimum atomic E-state index is 0.140. The lowest BCUT2D eigenvalue weighted by molar-refractivity contribution is 0.633. The minimum absolute atomic E-state index is 0.140. The predicted molar refractivity (Wildman–Crippen MR) is 80.5 cm³/mol. The van der Waals surface area contributed by atoms with E-state index in [1.54, 1.807) is 0 Å². The molecule has 3 rings (SSSR count). The van der Waals surface area contributed by atoms with Gasteiger partial charge in [-0.15, -0.1) is 0 Å². The van der Waals surface area contributed by atoms with Crippen LogP contribution >= 0.6 is 0 Å². The zero-order valence-electron chi connectivity index (χ0n) is 11.7. The number of hydrogen-bond acceptors (Lipinski definition) is 3. The molecule has 0 fully saturated rings. The number of nitrogens with zero attached hydrogens (tertiary/aromatic N) is 3. The summed E-state index contributed by atoms with van der Waals surface area (Å²) in [5.74, 6) is 0. The molecule has 102 valence electrons. The fraction of sp³-hybridized carbons (Fsp3) is 0.250. The van der Waals surface area contributed by atoms with Crippen LogP contribution in [0.5, 0.6) is 0 Å². The molecule has 0 aliphatic heterocycles. The Morgan fingerprint density at radius 3 is 2.90 bits per heavy atom. The zero-order chi connectivity index (χ0) is 13.9. The standard InChI is InChI=1S/C16H18N4/c1-3-18-16(13-9-19-20(2)11-13)14-6-4-5-12-7-8-17-10-15(12)14/h4-11,16,18H,3H2,1-2H3. The van der Waals surface area contributed by atoms with Crippen LogP contribution < -0.4 is 5.32 Å². The first kappa shape index (κ1) is 12.8. The Hall–Kier alpha value is -2.20. The van der Waals surface area contributed by atoms with Crippen molar-refractivity contribution in [3.63, 3.8) is 0 Å². The quantitative estimate of drug-likeness (QED) is 0.789. The molecule has 0 saturated heterocycles. The first-order chi connectivity index (χ1) is 9.79. The molecule has 4 nitrogen and oxygen atoms in total. The molecular formula is C16H18N4. The number of rotatable bonds is 4. The highest BCUT2D eigenvalue weighted by Crippen LogP contribution is 2.28. The summed E-state index contributed by atoms with van der Waals surface area (Å²) in [5, 5.41) is 10.2. The first-order valence-electron chi connectivity index (χ1n) is 6.84. The minimum Gasteiger partial charge on any atom is -0.306 e. The van der Waals surface area contributed by atoms with Crippen molar-refractivity contribution in [3.05, 3.63) is 60.2 Å². The Bertz CT molecular complexity index is 712. The van der Waals surface area contributed by atoms with Gasteiger partial charge >= 0.3 is 0 Å². The number of aromatic nitrogens is 3. The maximum atomic E-state index is 4.29. The summed E-state index contributed by atoms with van der Waals surface area (Å²) in [6.45, 7) is 3.02. The van der Waals surface area contributed by atoms with Crippen molar-refractivity contribution in [2.24, 2.45) is 7.05 Å². The molecule has 0 radical (unpaired) electrons. The van der Waals surface area contributed by atoms with E-state index in [-0.39, 0.29) is 6.04 Å². The van der Waals surface area contributed by atoms with E-state index in [1.807, 2.05) is 36.4 Å². The van der Waals surface area contributed by atoms with Crippen molar-refractivity contribution >= 4 is 10.8 Å². The van der Waals surface area contributed by atoms with Gasteiger partial charge in [0.25, 0.3) is 0 Å². The second-order valence-corrected chi connectivity index (χ2v) is 4.88. The Morgan fingerprint density at radius 2 is 2.15 bits per heavy atom. The van der Waals surface area contributed by atoms with Crippen LogP contribution in [-0.2, 0) is 7.05 Å². The van der Waals surface area contributed by atoms with Crippen molar-refractivity contribution in [1.82, 2.24) is 20.1 Å². The van der Waals surface area contributed by atoms with Crippen LogP contribution in [-0.4, -0.2) is 21.3 Å². The van der Waals surface area contributed by atoms with Crippen molar-refractivity contribution < 1.29 is 0 Å². The highest BCUT2D eigenvalue weighted by atomic mass is 15.2. The van der Waals surface area contributed by atoms with E-state index >= 15 is 0 Å². The Kier molecular flexibility index (Phi) is 3.48. The number of nitrogens with one attached hydrogen (secondary N) is 1. The van der Waals surface area contributed by atoms with E-state index < -0.39 is 0 Å². The molecule has 3 aromatic rings. The molecule has 0 aliphatic carbocycles. The van der Waals surface area contributed by atoms with Gasteiger partial charge in [-0.05, 0) is 23.6 Å². The van der Waals surface area contributed by atoms with Crippen molar-refractivity contribution in [2.45, 2.75) is 13.0 Å². The Labute approximate surface area is 118 Å². The molecule has 0 saturated carbocycles. The number of hydrogen-bond donors (Lipinski definition) is 1. The number of benzene rings is 1. The number of aryl methyl sites for hydroxylation is 1. The third-order valence-electron chi connectivity index (χ3n) is 3.49. The Morgan fingerprint density at radius 1 is 1.25 bits per heavy atom. The van der Waals surface area contributed by atoms with E-state index in [9.17, 15) is 0 Å². The average molecular weight is 266 g/mol. The molecule has 1 N–H and O–H groups in total. The summed E-state index contributed by atoms with van der Waals surface area (Å²) >= 11 is 0. The van der Waals surface area contributed by atoms with Crippen molar-refractivity contribution in [1.29, 1.82) is 0 Å². The Balaban J connectivity index is 2.14. The third kappa shape index (κ3) is 2.30. The monoisotopic (exact) mass is 266 g/mol. The molecule has 4 heteroatoms. The zero-order valence-corrected chi connectivity index (χ0v) is 11.7.